The third-order valence-corrected chi connectivity index (χ3v) is 5.60. The first-order valence-electron chi connectivity index (χ1n) is 8.90. The summed E-state index contributed by atoms with van der Waals surface area (Å²) in [5, 5.41) is 9.90. The van der Waals surface area contributed by atoms with E-state index >= 15 is 0 Å². The van der Waals surface area contributed by atoms with Gasteiger partial charge in [-0.25, -0.2) is 0 Å². The van der Waals surface area contributed by atoms with Crippen molar-refractivity contribution in [3.05, 3.63) is 75.6 Å². The molecule has 0 saturated heterocycles. The van der Waals surface area contributed by atoms with Crippen molar-refractivity contribution in [3.63, 3.8) is 0 Å². The van der Waals surface area contributed by atoms with E-state index in [9.17, 15) is 19.5 Å². The van der Waals surface area contributed by atoms with Crippen molar-refractivity contribution in [2.24, 2.45) is 0 Å². The van der Waals surface area contributed by atoms with Gasteiger partial charge >= 0.3 is 0 Å². The lowest BCUT2D eigenvalue weighted by Crippen LogP contribution is -2.53. The first kappa shape index (κ1) is 16.7. The van der Waals surface area contributed by atoms with Crippen LogP contribution in [0.5, 0.6) is 0 Å². The lowest BCUT2D eigenvalue weighted by Gasteiger charge is -2.33. The molecule has 5 rings (SSSR count). The Kier molecular flexibility index (Phi) is 3.30. The summed E-state index contributed by atoms with van der Waals surface area (Å²) >= 11 is 0. The molecule has 2 aromatic carbocycles. The van der Waals surface area contributed by atoms with Crippen molar-refractivity contribution in [2.45, 2.75) is 5.54 Å². The van der Waals surface area contributed by atoms with Gasteiger partial charge in [-0.2, -0.15) is 0 Å². The van der Waals surface area contributed by atoms with Crippen LogP contribution in [0.3, 0.4) is 0 Å². The summed E-state index contributed by atoms with van der Waals surface area (Å²) < 4.78 is 5.82. The van der Waals surface area contributed by atoms with Gasteiger partial charge in [0.2, 0.25) is 5.76 Å². The molecule has 1 atom stereocenters. The molecule has 0 radical (unpaired) electrons. The maximum Gasteiger partial charge on any atom is 0.291 e. The highest BCUT2D eigenvalue weighted by Gasteiger charge is 2.64. The largest absolute Gasteiger partial charge is 0.450 e. The van der Waals surface area contributed by atoms with E-state index in [1.54, 1.807) is 55.6 Å². The summed E-state index contributed by atoms with van der Waals surface area (Å²) in [4.78, 5) is 42.9. The van der Waals surface area contributed by atoms with Crippen LogP contribution in [0.1, 0.15) is 21.7 Å². The number of β-amino-alcohol motifs (C(OH)–C–C–N with tert-alkyl or cyclic N) is 1. The Bertz CT molecular complexity index is 1230. The molecule has 1 N–H and O–H groups in total. The van der Waals surface area contributed by atoms with E-state index < -0.39 is 22.8 Å². The van der Waals surface area contributed by atoms with Crippen molar-refractivity contribution >= 4 is 28.5 Å². The molecule has 28 heavy (non-hydrogen) atoms. The summed E-state index contributed by atoms with van der Waals surface area (Å²) in [6.07, 6.45) is 0. The summed E-state index contributed by atoms with van der Waals surface area (Å²) in [5.41, 5.74) is -0.594. The van der Waals surface area contributed by atoms with Crippen LogP contribution in [0.15, 0.2) is 57.7 Å². The number of hydrogen-bond donors (Lipinski definition) is 1. The molecule has 2 aliphatic heterocycles. The van der Waals surface area contributed by atoms with E-state index in [0.29, 0.717) is 16.6 Å². The monoisotopic (exact) mass is 376 g/mol. The van der Waals surface area contributed by atoms with Crippen LogP contribution in [0.4, 0.5) is 5.69 Å². The molecular formula is C21H16N2O5. The fraction of sp³-hybridized carbons (Fsp3) is 0.190. The molecule has 0 fully saturated rings. The van der Waals surface area contributed by atoms with Gasteiger partial charge in [0.1, 0.15) is 5.58 Å². The van der Waals surface area contributed by atoms with E-state index in [2.05, 4.69) is 0 Å². The van der Waals surface area contributed by atoms with Gasteiger partial charge in [-0.05, 0) is 18.2 Å². The van der Waals surface area contributed by atoms with Gasteiger partial charge in [0.15, 0.2) is 11.0 Å². The molecule has 0 saturated carbocycles. The summed E-state index contributed by atoms with van der Waals surface area (Å²) in [5.74, 6) is -1.14. The number of aliphatic hydroxyl groups excluding tert-OH is 1. The van der Waals surface area contributed by atoms with Crippen molar-refractivity contribution in [1.29, 1.82) is 0 Å². The Labute approximate surface area is 159 Å². The second-order valence-corrected chi connectivity index (χ2v) is 6.90. The van der Waals surface area contributed by atoms with Gasteiger partial charge in [-0.3, -0.25) is 14.4 Å². The Morgan fingerprint density at radius 3 is 2.54 bits per heavy atom. The van der Waals surface area contributed by atoms with Crippen molar-refractivity contribution < 1.29 is 19.1 Å². The van der Waals surface area contributed by atoms with Gasteiger partial charge in [0.05, 0.1) is 17.6 Å². The maximum atomic E-state index is 13.5. The number of hydrogen-bond acceptors (Lipinski definition) is 5. The summed E-state index contributed by atoms with van der Waals surface area (Å²) in [7, 11) is 1.61. The minimum atomic E-state index is -1.63. The van der Waals surface area contributed by atoms with Crippen LogP contribution in [0.2, 0.25) is 0 Å². The molecular weight excluding hydrogens is 360 g/mol. The Morgan fingerprint density at radius 1 is 1.04 bits per heavy atom. The first-order chi connectivity index (χ1) is 13.5. The zero-order valence-corrected chi connectivity index (χ0v) is 15.0. The average molecular weight is 376 g/mol. The van der Waals surface area contributed by atoms with Crippen LogP contribution in [-0.4, -0.2) is 42.0 Å². The van der Waals surface area contributed by atoms with Crippen molar-refractivity contribution in [3.8, 4) is 0 Å². The lowest BCUT2D eigenvalue weighted by atomic mass is 9.84. The number of nitrogens with zero attached hydrogens (tertiary/aromatic N) is 2. The minimum Gasteiger partial charge on any atom is -0.450 e. The fourth-order valence-corrected chi connectivity index (χ4v) is 4.44. The predicted molar refractivity (Wildman–Crippen MR) is 101 cm³/mol. The third kappa shape index (κ3) is 1.74. The second-order valence-electron chi connectivity index (χ2n) is 6.90. The number of carbonyl (C=O) groups is 2. The fourth-order valence-electron chi connectivity index (χ4n) is 4.44. The van der Waals surface area contributed by atoms with Gasteiger partial charge in [-0.1, -0.05) is 30.3 Å². The standard InChI is InChI=1S/C21H16N2O5/c1-22-14-8-4-3-7-13(14)21(20(22)27)16-17(25)12-6-2-5-9-15(12)28-18(16)19(26)23(21)10-11-24/h2-9,24H,10-11H2,1H3/t21-/m0/s1. The molecule has 2 aliphatic rings. The van der Waals surface area contributed by atoms with Gasteiger partial charge < -0.3 is 19.3 Å². The highest BCUT2D eigenvalue weighted by Crippen LogP contribution is 2.51. The van der Waals surface area contributed by atoms with Crippen LogP contribution < -0.4 is 10.3 Å². The topological polar surface area (TPSA) is 91.1 Å². The van der Waals surface area contributed by atoms with E-state index in [0.717, 1.165) is 0 Å². The number of likely N-dealkylation sites (N-methyl/N-ethyl adjacent to an activating group) is 1. The van der Waals surface area contributed by atoms with Crippen LogP contribution in [0.25, 0.3) is 11.0 Å². The normalized spacial score (nSPS) is 20.4. The smallest absolute Gasteiger partial charge is 0.291 e. The number of fused-ring (bicyclic) bond motifs is 5. The zero-order chi connectivity index (χ0) is 19.6. The number of carbonyl (C=O) groups excluding carboxylic acids is 2. The van der Waals surface area contributed by atoms with Crippen LogP contribution >= 0.6 is 0 Å². The molecule has 0 unspecified atom stereocenters. The number of benzene rings is 2. The molecule has 1 spiro atoms. The van der Waals surface area contributed by atoms with Crippen molar-refractivity contribution in [2.75, 3.05) is 25.1 Å². The maximum absolute atomic E-state index is 13.5. The van der Waals surface area contributed by atoms with E-state index in [4.69, 9.17) is 4.42 Å². The number of amides is 2. The van der Waals surface area contributed by atoms with Crippen molar-refractivity contribution in [1.82, 2.24) is 4.90 Å². The van der Waals surface area contributed by atoms with Gasteiger partial charge in [-0.15, -0.1) is 0 Å². The first-order valence-corrected chi connectivity index (χ1v) is 8.90. The van der Waals surface area contributed by atoms with Gasteiger partial charge in [0.25, 0.3) is 11.8 Å². The van der Waals surface area contributed by atoms with Crippen LogP contribution in [-0.2, 0) is 10.3 Å². The van der Waals surface area contributed by atoms with Crippen LogP contribution in [0, 0.1) is 0 Å². The third-order valence-electron chi connectivity index (χ3n) is 5.60. The Morgan fingerprint density at radius 2 is 1.75 bits per heavy atom. The van der Waals surface area contributed by atoms with E-state index in [1.165, 1.54) is 9.80 Å². The molecule has 7 heteroatoms. The quantitative estimate of drug-likeness (QED) is 0.731. The molecule has 0 bridgehead atoms. The lowest BCUT2D eigenvalue weighted by molar-refractivity contribution is -0.125. The average Bonchev–Trinajstić information content (AvgIpc) is 3.09. The predicted octanol–water partition coefficient (Wildman–Crippen LogP) is 1.46. The molecule has 3 aromatic rings. The summed E-state index contributed by atoms with van der Waals surface area (Å²) in [6.45, 7) is -0.457. The zero-order valence-electron chi connectivity index (χ0n) is 15.0. The molecule has 7 nitrogen and oxygen atoms in total. The highest BCUT2D eigenvalue weighted by molar-refractivity contribution is 6.16. The molecule has 1 aromatic heterocycles. The second kappa shape index (κ2) is 5.53. The Hall–Kier alpha value is -3.45. The SMILES string of the molecule is CN1C(=O)[C@]2(c3ccccc31)c1c(oc3ccccc3c1=O)C(=O)N2CCO. The molecule has 140 valence electrons. The highest BCUT2D eigenvalue weighted by atomic mass is 16.3. The van der Waals surface area contributed by atoms with E-state index in [-0.39, 0.29) is 30.1 Å². The Balaban J connectivity index is 1.97. The summed E-state index contributed by atoms with van der Waals surface area (Å²) in [6, 6.07) is 13.7. The van der Waals surface area contributed by atoms with Gasteiger partial charge in [0, 0.05) is 24.8 Å². The molecule has 2 amide bonds. The van der Waals surface area contributed by atoms with E-state index in [1.807, 2.05) is 0 Å². The number of rotatable bonds is 2. The molecule has 3 heterocycles. The number of aliphatic hydroxyl groups is 1. The number of anilines is 1. The number of para-hydroxylation sites is 2. The minimum absolute atomic E-state index is 0.0199. The molecule has 0 aliphatic carbocycles.